The van der Waals surface area contributed by atoms with E-state index >= 15 is 0 Å². The molecule has 0 saturated heterocycles. The fourth-order valence-electron chi connectivity index (χ4n) is 2.55. The lowest BCUT2D eigenvalue weighted by Gasteiger charge is -2.03. The first kappa shape index (κ1) is 12.1. The maximum atomic E-state index is 11.8. The van der Waals surface area contributed by atoms with Gasteiger partial charge in [0.1, 0.15) is 5.69 Å². The van der Waals surface area contributed by atoms with E-state index in [4.69, 9.17) is 10.3 Å². The van der Waals surface area contributed by atoms with Crippen molar-refractivity contribution in [1.82, 2.24) is 10.1 Å². The lowest BCUT2D eigenvalue weighted by Crippen LogP contribution is -2.12. The highest BCUT2D eigenvalue weighted by Crippen LogP contribution is 2.41. The number of hydrogen-bond acceptors (Lipinski definition) is 4. The fraction of sp³-hybridized carbons (Fsp3) is 0.188. The molecule has 3 aromatic rings. The summed E-state index contributed by atoms with van der Waals surface area (Å²) in [5, 5.41) is 4.68. The van der Waals surface area contributed by atoms with E-state index < -0.39 is 5.91 Å². The van der Waals surface area contributed by atoms with Crippen molar-refractivity contribution in [2.75, 3.05) is 0 Å². The smallest absolute Gasteiger partial charge is 0.259 e. The zero-order chi connectivity index (χ0) is 14.4. The van der Waals surface area contributed by atoms with Gasteiger partial charge in [-0.1, -0.05) is 35.5 Å². The van der Waals surface area contributed by atoms with E-state index in [2.05, 4.69) is 10.1 Å². The highest BCUT2D eigenvalue weighted by Gasteiger charge is 2.28. The van der Waals surface area contributed by atoms with Crippen LogP contribution in [0.2, 0.25) is 0 Å². The second-order valence-corrected chi connectivity index (χ2v) is 5.31. The van der Waals surface area contributed by atoms with Crippen molar-refractivity contribution in [2.45, 2.75) is 18.8 Å². The number of aromatic nitrogens is 2. The molecule has 5 heteroatoms. The van der Waals surface area contributed by atoms with Crippen LogP contribution >= 0.6 is 0 Å². The first-order valence-electron chi connectivity index (χ1n) is 6.89. The van der Waals surface area contributed by atoms with Gasteiger partial charge in [0.2, 0.25) is 5.91 Å². The number of pyridine rings is 1. The van der Waals surface area contributed by atoms with Crippen LogP contribution in [-0.2, 0) is 0 Å². The first-order valence-corrected chi connectivity index (χ1v) is 6.89. The van der Waals surface area contributed by atoms with E-state index in [0.717, 1.165) is 24.1 Å². The zero-order valence-electron chi connectivity index (χ0n) is 11.2. The van der Waals surface area contributed by atoms with Gasteiger partial charge in [0.15, 0.2) is 0 Å². The summed E-state index contributed by atoms with van der Waals surface area (Å²) in [5.74, 6) is -0.0672. The zero-order valence-corrected chi connectivity index (χ0v) is 11.2. The Morgan fingerprint density at radius 1 is 1.24 bits per heavy atom. The summed E-state index contributed by atoms with van der Waals surface area (Å²) in [7, 11) is 0. The average molecular weight is 279 g/mol. The molecule has 21 heavy (non-hydrogen) atoms. The van der Waals surface area contributed by atoms with Crippen LogP contribution in [0.15, 0.2) is 40.9 Å². The maximum absolute atomic E-state index is 11.8. The van der Waals surface area contributed by atoms with Gasteiger partial charge in [0, 0.05) is 17.2 Å². The minimum absolute atomic E-state index is 0.382. The Morgan fingerprint density at radius 3 is 2.67 bits per heavy atom. The molecule has 2 N–H and O–H groups in total. The van der Waals surface area contributed by atoms with Crippen molar-refractivity contribution in [3.8, 4) is 11.3 Å². The number of nitrogens with two attached hydrogens (primary N) is 1. The topological polar surface area (TPSA) is 82.0 Å². The van der Waals surface area contributed by atoms with Crippen LogP contribution in [-0.4, -0.2) is 16.0 Å². The molecule has 1 amide bonds. The van der Waals surface area contributed by atoms with Gasteiger partial charge < -0.3 is 10.3 Å². The van der Waals surface area contributed by atoms with Crippen LogP contribution in [0.4, 0.5) is 0 Å². The van der Waals surface area contributed by atoms with E-state index in [1.165, 1.54) is 0 Å². The fourth-order valence-corrected chi connectivity index (χ4v) is 2.55. The van der Waals surface area contributed by atoms with E-state index in [9.17, 15) is 4.79 Å². The molecule has 0 spiro atoms. The van der Waals surface area contributed by atoms with Crippen molar-refractivity contribution in [3.05, 3.63) is 47.7 Å². The Morgan fingerprint density at radius 2 is 2.00 bits per heavy atom. The number of benzene rings is 1. The summed E-state index contributed by atoms with van der Waals surface area (Å²) < 4.78 is 5.34. The van der Waals surface area contributed by atoms with Gasteiger partial charge in [-0.15, -0.1) is 0 Å². The Hall–Kier alpha value is -2.69. The van der Waals surface area contributed by atoms with Crippen LogP contribution < -0.4 is 5.73 Å². The number of primary amides is 1. The summed E-state index contributed by atoms with van der Waals surface area (Å²) in [6.07, 6.45) is 2.19. The summed E-state index contributed by atoms with van der Waals surface area (Å²) in [5.41, 5.74) is 8.70. The molecule has 0 aliphatic heterocycles. The maximum Gasteiger partial charge on any atom is 0.259 e. The summed E-state index contributed by atoms with van der Waals surface area (Å²) in [6.45, 7) is 0. The van der Waals surface area contributed by atoms with Crippen molar-refractivity contribution in [3.63, 3.8) is 0 Å². The van der Waals surface area contributed by atoms with Crippen molar-refractivity contribution >= 4 is 17.0 Å². The Balaban J connectivity index is 2.00. The third kappa shape index (κ3) is 1.98. The largest absolute Gasteiger partial charge is 0.366 e. The lowest BCUT2D eigenvalue weighted by atomic mass is 10.0. The van der Waals surface area contributed by atoms with Crippen LogP contribution in [0.25, 0.3) is 22.4 Å². The quantitative estimate of drug-likeness (QED) is 0.799. The summed E-state index contributed by atoms with van der Waals surface area (Å²) in [6, 6.07) is 11.3. The molecule has 0 bridgehead atoms. The predicted octanol–water partition coefficient (Wildman–Crippen LogP) is 2.87. The van der Waals surface area contributed by atoms with Gasteiger partial charge in [-0.05, 0) is 18.9 Å². The second kappa shape index (κ2) is 4.41. The molecular formula is C16H13N3O2. The third-order valence-corrected chi connectivity index (χ3v) is 3.77. The van der Waals surface area contributed by atoms with E-state index in [-0.39, 0.29) is 0 Å². The van der Waals surface area contributed by atoms with Crippen molar-refractivity contribution in [2.24, 2.45) is 5.73 Å². The molecule has 1 aliphatic carbocycles. The highest BCUT2D eigenvalue weighted by atomic mass is 16.5. The monoisotopic (exact) mass is 279 g/mol. The highest BCUT2D eigenvalue weighted by molar-refractivity contribution is 6.09. The van der Waals surface area contributed by atoms with Crippen molar-refractivity contribution in [1.29, 1.82) is 0 Å². The molecule has 1 aliphatic rings. The first-order chi connectivity index (χ1) is 10.2. The van der Waals surface area contributed by atoms with Crippen LogP contribution in [0.5, 0.6) is 0 Å². The normalized spacial score (nSPS) is 14.5. The van der Waals surface area contributed by atoms with Gasteiger partial charge in [0.05, 0.1) is 10.9 Å². The lowest BCUT2D eigenvalue weighted by molar-refractivity contribution is 0.100. The van der Waals surface area contributed by atoms with Crippen LogP contribution in [0.1, 0.15) is 34.8 Å². The number of carbonyl (C=O) groups is 1. The van der Waals surface area contributed by atoms with Gasteiger partial charge in [-0.2, -0.15) is 0 Å². The molecule has 4 rings (SSSR count). The minimum Gasteiger partial charge on any atom is -0.366 e. The molecule has 2 aromatic heterocycles. The number of fused-ring (bicyclic) bond motifs is 1. The standard InChI is InChI=1S/C16H13N3O2/c17-15(20)11-8-12(9-6-7-9)18-16-13(11)14(19-21-16)10-4-2-1-3-5-10/h1-5,8-9H,6-7H2,(H2,17,20). The predicted molar refractivity (Wildman–Crippen MR) is 77.7 cm³/mol. The Kier molecular flexibility index (Phi) is 2.54. The van der Waals surface area contributed by atoms with Gasteiger partial charge in [-0.3, -0.25) is 4.79 Å². The van der Waals surface area contributed by atoms with Crippen LogP contribution in [0, 0.1) is 0 Å². The van der Waals surface area contributed by atoms with E-state index in [1.54, 1.807) is 6.07 Å². The molecule has 1 fully saturated rings. The SMILES string of the molecule is NC(=O)c1cc(C2CC2)nc2onc(-c3ccccc3)c12. The molecule has 0 atom stereocenters. The molecule has 1 aromatic carbocycles. The molecule has 0 radical (unpaired) electrons. The molecule has 5 nitrogen and oxygen atoms in total. The number of rotatable bonds is 3. The second-order valence-electron chi connectivity index (χ2n) is 5.31. The summed E-state index contributed by atoms with van der Waals surface area (Å²) in [4.78, 5) is 16.3. The Labute approximate surface area is 120 Å². The molecule has 2 heterocycles. The van der Waals surface area contributed by atoms with Gasteiger partial charge >= 0.3 is 0 Å². The number of carbonyl (C=O) groups excluding carboxylic acids is 1. The number of hydrogen-bond donors (Lipinski definition) is 1. The Bertz CT molecular complexity index is 835. The number of nitrogens with zero attached hydrogens (tertiary/aromatic N) is 2. The minimum atomic E-state index is -0.482. The van der Waals surface area contributed by atoms with E-state index in [1.807, 2.05) is 30.3 Å². The average Bonchev–Trinajstić information content (AvgIpc) is 3.26. The van der Waals surface area contributed by atoms with Gasteiger partial charge in [0.25, 0.3) is 5.71 Å². The molecule has 0 unspecified atom stereocenters. The molecule has 104 valence electrons. The van der Waals surface area contributed by atoms with E-state index in [0.29, 0.717) is 28.3 Å². The van der Waals surface area contributed by atoms with Crippen LogP contribution in [0.3, 0.4) is 0 Å². The summed E-state index contributed by atoms with van der Waals surface area (Å²) >= 11 is 0. The van der Waals surface area contributed by atoms with Gasteiger partial charge in [-0.25, -0.2) is 4.98 Å². The van der Waals surface area contributed by atoms with Crippen molar-refractivity contribution < 1.29 is 9.32 Å². The molecule has 1 saturated carbocycles. The third-order valence-electron chi connectivity index (χ3n) is 3.77. The number of amides is 1. The molecular weight excluding hydrogens is 266 g/mol.